The Bertz CT molecular complexity index is 1180. The third-order valence-corrected chi connectivity index (χ3v) is 8.92. The van der Waals surface area contributed by atoms with Crippen LogP contribution in [0, 0.1) is 11.3 Å². The van der Waals surface area contributed by atoms with Gasteiger partial charge in [-0.25, -0.2) is 4.79 Å². The van der Waals surface area contributed by atoms with Crippen LogP contribution in [0.4, 0.5) is 31.1 Å². The molecule has 4 rings (SSSR count). The first-order valence-corrected chi connectivity index (χ1v) is 13.0. The van der Waals surface area contributed by atoms with E-state index in [0.29, 0.717) is 30.0 Å². The highest BCUT2D eigenvalue weighted by molar-refractivity contribution is 6.30. The lowest BCUT2D eigenvalue weighted by atomic mass is 9.69. The second kappa shape index (κ2) is 10.1. The zero-order valence-electron chi connectivity index (χ0n) is 21.9. The highest BCUT2D eigenvalue weighted by atomic mass is 35.5. The van der Waals surface area contributed by atoms with Gasteiger partial charge in [-0.05, 0) is 43.2 Å². The molecule has 4 atom stereocenters. The lowest BCUT2D eigenvalue weighted by Crippen LogP contribution is -2.65. The number of allylic oxidation sites excluding steroid dienone is 3. The van der Waals surface area contributed by atoms with Gasteiger partial charge in [0, 0.05) is 42.9 Å². The summed E-state index contributed by atoms with van der Waals surface area (Å²) in [5.41, 5.74) is -3.75. The number of carbonyl (C=O) groups is 2. The summed E-state index contributed by atoms with van der Waals surface area (Å²) in [4.78, 5) is 31.0. The molecule has 5 nitrogen and oxygen atoms in total. The number of fused-ring (bicyclic) bond motifs is 1. The highest BCUT2D eigenvalue weighted by Gasteiger charge is 2.52. The Morgan fingerprint density at radius 1 is 1.08 bits per heavy atom. The fourth-order valence-electron chi connectivity index (χ4n) is 5.86. The molecule has 0 bridgehead atoms. The lowest BCUT2D eigenvalue weighted by Gasteiger charge is -2.52. The molecule has 2 fully saturated rings. The number of alkyl halides is 6. The maximum atomic E-state index is 13.9. The predicted octanol–water partition coefficient (Wildman–Crippen LogP) is 6.85. The molecule has 0 spiro atoms. The molecular formula is C27H30ClF6N3O2. The zero-order valence-corrected chi connectivity index (χ0v) is 22.7. The molecule has 2 heterocycles. The number of rotatable bonds is 3. The fraction of sp³-hybridized carbons (Fsp3) is 0.556. The van der Waals surface area contributed by atoms with E-state index in [1.807, 2.05) is 19.9 Å². The Balaban J connectivity index is 1.70. The van der Waals surface area contributed by atoms with E-state index in [2.05, 4.69) is 0 Å². The van der Waals surface area contributed by atoms with Gasteiger partial charge in [0.15, 0.2) is 0 Å². The van der Waals surface area contributed by atoms with Crippen LogP contribution in [0.5, 0.6) is 0 Å². The molecule has 0 N–H and O–H groups in total. The summed E-state index contributed by atoms with van der Waals surface area (Å²) < 4.78 is 80.7. The van der Waals surface area contributed by atoms with E-state index in [9.17, 15) is 35.9 Å². The van der Waals surface area contributed by atoms with Crippen LogP contribution >= 0.6 is 11.6 Å². The van der Waals surface area contributed by atoms with Gasteiger partial charge in [-0.1, -0.05) is 37.6 Å². The van der Waals surface area contributed by atoms with Gasteiger partial charge in [0.05, 0.1) is 29.3 Å². The van der Waals surface area contributed by atoms with Crippen molar-refractivity contribution in [3.63, 3.8) is 0 Å². The van der Waals surface area contributed by atoms with Gasteiger partial charge < -0.3 is 14.7 Å². The van der Waals surface area contributed by atoms with Crippen molar-refractivity contribution in [1.29, 1.82) is 0 Å². The second-order valence-corrected chi connectivity index (χ2v) is 11.3. The third-order valence-electron chi connectivity index (χ3n) is 8.31. The first kappa shape index (κ1) is 29.3. The van der Waals surface area contributed by atoms with Gasteiger partial charge in [0.25, 0.3) is 0 Å². The van der Waals surface area contributed by atoms with Gasteiger partial charge >= 0.3 is 18.4 Å². The Morgan fingerprint density at radius 2 is 1.67 bits per heavy atom. The number of amides is 3. The molecular weight excluding hydrogens is 548 g/mol. The first-order valence-electron chi connectivity index (χ1n) is 12.6. The minimum atomic E-state index is -5.00. The molecule has 0 aromatic heterocycles. The lowest BCUT2D eigenvalue weighted by molar-refractivity contribution is -0.143. The van der Waals surface area contributed by atoms with Crippen molar-refractivity contribution in [2.45, 2.75) is 64.1 Å². The molecule has 214 valence electrons. The van der Waals surface area contributed by atoms with Crippen molar-refractivity contribution in [3.05, 3.63) is 58.1 Å². The number of carbonyl (C=O) groups excluding carboxylic acids is 2. The van der Waals surface area contributed by atoms with E-state index in [-0.39, 0.29) is 42.6 Å². The first-order chi connectivity index (χ1) is 17.9. The minimum absolute atomic E-state index is 0.0123. The number of hydrogen-bond donors (Lipinski definition) is 0. The Kier molecular flexibility index (Phi) is 7.55. The van der Waals surface area contributed by atoms with Crippen LogP contribution in [0.2, 0.25) is 0 Å². The quantitative estimate of drug-likeness (QED) is 0.369. The maximum absolute atomic E-state index is 13.9. The van der Waals surface area contributed by atoms with Gasteiger partial charge in [0.1, 0.15) is 0 Å². The molecule has 0 saturated carbocycles. The fourth-order valence-corrected chi connectivity index (χ4v) is 6.06. The van der Waals surface area contributed by atoms with Crippen LogP contribution in [0.15, 0.2) is 41.5 Å². The smallest absolute Gasteiger partial charge is 0.336 e. The normalized spacial score (nSPS) is 25.9. The topological polar surface area (TPSA) is 43.9 Å². The van der Waals surface area contributed by atoms with Crippen LogP contribution in [0.25, 0.3) is 0 Å². The van der Waals surface area contributed by atoms with E-state index in [1.54, 1.807) is 22.0 Å². The summed E-state index contributed by atoms with van der Waals surface area (Å²) in [6, 6.07) is -1.08. The van der Waals surface area contributed by atoms with E-state index in [4.69, 9.17) is 11.6 Å². The van der Waals surface area contributed by atoms with Crippen molar-refractivity contribution >= 4 is 23.5 Å². The molecule has 3 aliphatic rings. The zero-order chi connectivity index (χ0) is 29.1. The predicted molar refractivity (Wildman–Crippen MR) is 134 cm³/mol. The third kappa shape index (κ3) is 5.38. The number of hydrogen-bond acceptors (Lipinski definition) is 2. The number of urea groups is 1. The molecule has 3 amide bonds. The summed E-state index contributed by atoms with van der Waals surface area (Å²) in [5.74, 6) is -0.298. The number of piperazine rings is 1. The summed E-state index contributed by atoms with van der Waals surface area (Å²) in [5, 5.41) is 0.578. The minimum Gasteiger partial charge on any atom is -0.336 e. The molecule has 39 heavy (non-hydrogen) atoms. The Hall–Kier alpha value is -2.69. The van der Waals surface area contributed by atoms with Crippen LogP contribution < -0.4 is 0 Å². The van der Waals surface area contributed by atoms with E-state index in [1.165, 1.54) is 14.0 Å². The van der Waals surface area contributed by atoms with Crippen LogP contribution in [0.1, 0.15) is 56.3 Å². The molecule has 2 aliphatic heterocycles. The highest BCUT2D eigenvalue weighted by Crippen LogP contribution is 2.47. The maximum Gasteiger partial charge on any atom is 0.416 e. The average molecular weight is 578 g/mol. The van der Waals surface area contributed by atoms with Crippen LogP contribution in [0.3, 0.4) is 0 Å². The second-order valence-electron chi connectivity index (χ2n) is 10.9. The van der Waals surface area contributed by atoms with E-state index < -0.39 is 47.0 Å². The van der Waals surface area contributed by atoms with Crippen molar-refractivity contribution in [2.24, 2.45) is 11.3 Å². The summed E-state index contributed by atoms with van der Waals surface area (Å²) in [7, 11) is 1.36. The van der Waals surface area contributed by atoms with Crippen molar-refractivity contribution < 1.29 is 35.9 Å². The van der Waals surface area contributed by atoms with Gasteiger partial charge in [-0.3, -0.25) is 4.79 Å². The standard InChI is InChI=1S/C27H30ClF6N3O2/c1-15(16-12-17(26(29,30)31)14-18(13-16)27(32,33)34)35(4)24(39)37-11-10-36-20(8-9-22(36)38)23(37)19-6-5-7-21(28)25(19,2)3/h5-7,12-15,19-20,23H,8-11H2,1-4H3/t15-,19?,20+,23+/m1/s1. The van der Waals surface area contributed by atoms with Gasteiger partial charge in [-0.15, -0.1) is 0 Å². The monoisotopic (exact) mass is 577 g/mol. The number of nitrogens with zero attached hydrogens (tertiary/aromatic N) is 3. The SMILES string of the molecule is C[C@H](c1cc(C(F)(F)F)cc(C(F)(F)F)c1)N(C)C(=O)N1CCN2C(=O)CC[C@H]2[C@@H]1C1C=CC=C(Cl)C1(C)C. The Morgan fingerprint density at radius 3 is 2.23 bits per heavy atom. The summed E-state index contributed by atoms with van der Waals surface area (Å²) in [6.45, 7) is 5.72. The van der Waals surface area contributed by atoms with E-state index >= 15 is 0 Å². The van der Waals surface area contributed by atoms with Crippen LogP contribution in [-0.4, -0.2) is 58.9 Å². The molecule has 1 aromatic rings. The largest absolute Gasteiger partial charge is 0.416 e. The number of halogens is 7. The molecule has 1 unspecified atom stereocenters. The van der Waals surface area contributed by atoms with Crippen LogP contribution in [-0.2, 0) is 17.1 Å². The molecule has 2 saturated heterocycles. The Labute approximate surface area is 228 Å². The van der Waals surface area contributed by atoms with E-state index in [0.717, 1.165) is 4.90 Å². The molecule has 1 aromatic carbocycles. The van der Waals surface area contributed by atoms with Crippen molar-refractivity contribution in [3.8, 4) is 0 Å². The van der Waals surface area contributed by atoms with Gasteiger partial charge in [-0.2, -0.15) is 26.3 Å². The number of benzene rings is 1. The summed E-state index contributed by atoms with van der Waals surface area (Å²) in [6.07, 6.45) is -3.64. The van der Waals surface area contributed by atoms with Crippen molar-refractivity contribution in [1.82, 2.24) is 14.7 Å². The molecule has 1 aliphatic carbocycles. The van der Waals surface area contributed by atoms with Gasteiger partial charge in [0.2, 0.25) is 5.91 Å². The average Bonchev–Trinajstić information content (AvgIpc) is 3.23. The molecule has 0 radical (unpaired) electrons. The van der Waals surface area contributed by atoms with Crippen molar-refractivity contribution in [2.75, 3.05) is 20.1 Å². The molecule has 12 heteroatoms. The summed E-state index contributed by atoms with van der Waals surface area (Å²) >= 11 is 6.55.